The molecule has 0 bridgehead atoms. The van der Waals surface area contributed by atoms with E-state index in [1.54, 1.807) is 23.1 Å². The predicted molar refractivity (Wildman–Crippen MR) is 97.0 cm³/mol. The van der Waals surface area contributed by atoms with Gasteiger partial charge in [0, 0.05) is 12.1 Å². The van der Waals surface area contributed by atoms with Crippen molar-refractivity contribution in [1.82, 2.24) is 25.0 Å². The molecule has 1 aliphatic rings. The topological polar surface area (TPSA) is 63.1 Å². The number of aromatic nitrogens is 3. The van der Waals surface area contributed by atoms with Crippen LogP contribution in [0.3, 0.4) is 0 Å². The number of rotatable bonds is 5. The number of hydrogen-bond donors (Lipinski definition) is 1. The number of likely N-dealkylation sites (tertiary alicyclic amines) is 1. The summed E-state index contributed by atoms with van der Waals surface area (Å²) >= 11 is 0. The van der Waals surface area contributed by atoms with E-state index in [0.717, 1.165) is 24.9 Å². The first-order valence-corrected chi connectivity index (χ1v) is 8.98. The van der Waals surface area contributed by atoms with Gasteiger partial charge in [0.25, 0.3) is 0 Å². The van der Waals surface area contributed by atoms with Crippen LogP contribution in [0.4, 0.5) is 4.39 Å². The molecule has 140 valence electrons. The lowest BCUT2D eigenvalue weighted by Gasteiger charge is -2.41. The fourth-order valence-electron chi connectivity index (χ4n) is 3.54. The largest absolute Gasteiger partial charge is 0.350 e. The van der Waals surface area contributed by atoms with E-state index in [0.29, 0.717) is 6.42 Å². The minimum Gasteiger partial charge on any atom is -0.350 e. The molecule has 1 N–H and O–H groups in total. The van der Waals surface area contributed by atoms with E-state index >= 15 is 0 Å². The van der Waals surface area contributed by atoms with Crippen molar-refractivity contribution in [3.05, 3.63) is 48.3 Å². The molecule has 6 nitrogen and oxygen atoms in total. The molecular formula is C19H26FN5O. The van der Waals surface area contributed by atoms with Crippen molar-refractivity contribution in [2.45, 2.75) is 50.7 Å². The van der Waals surface area contributed by atoms with Gasteiger partial charge in [-0.2, -0.15) is 5.10 Å². The van der Waals surface area contributed by atoms with Crippen LogP contribution in [0, 0.1) is 5.82 Å². The number of piperidine rings is 1. The zero-order valence-corrected chi connectivity index (χ0v) is 15.5. The Morgan fingerprint density at radius 2 is 2.23 bits per heavy atom. The Bertz CT molecular complexity index is 746. The van der Waals surface area contributed by atoms with Gasteiger partial charge in [-0.3, -0.25) is 4.79 Å². The first kappa shape index (κ1) is 18.5. The average Bonchev–Trinajstić information content (AvgIpc) is 3.13. The third kappa shape index (κ3) is 3.93. The second-order valence-corrected chi connectivity index (χ2v) is 7.50. The highest BCUT2D eigenvalue weighted by atomic mass is 19.1. The predicted octanol–water partition coefficient (Wildman–Crippen LogP) is 1.97. The van der Waals surface area contributed by atoms with Crippen LogP contribution in [-0.2, 0) is 16.8 Å². The molecule has 7 heteroatoms. The molecule has 2 heterocycles. The Balaban J connectivity index is 1.74. The van der Waals surface area contributed by atoms with Crippen LogP contribution in [-0.4, -0.2) is 51.2 Å². The first-order chi connectivity index (χ1) is 12.4. The fraction of sp³-hybridized carbons (Fsp3) is 0.526. The van der Waals surface area contributed by atoms with Crippen LogP contribution in [0.2, 0.25) is 0 Å². The molecule has 1 aromatic carbocycles. The first-order valence-electron chi connectivity index (χ1n) is 8.98. The molecule has 1 saturated heterocycles. The molecule has 1 amide bonds. The molecule has 0 saturated carbocycles. The third-order valence-electron chi connectivity index (χ3n) is 5.25. The molecule has 0 unspecified atom stereocenters. The van der Waals surface area contributed by atoms with Gasteiger partial charge in [0.15, 0.2) is 0 Å². The lowest BCUT2D eigenvalue weighted by molar-refractivity contribution is -0.130. The van der Waals surface area contributed by atoms with Gasteiger partial charge < -0.3 is 10.2 Å². The SMILES string of the molecule is CN1CCC[C@H](NC(=O)C(C)(C)n2cncn2)[C@@H]1Cc1cccc(F)c1. The molecule has 2 atom stereocenters. The Morgan fingerprint density at radius 1 is 1.42 bits per heavy atom. The van der Waals surface area contributed by atoms with Crippen LogP contribution in [0.1, 0.15) is 32.3 Å². The number of halogens is 1. The van der Waals surface area contributed by atoms with Crippen LogP contribution < -0.4 is 5.32 Å². The second-order valence-electron chi connectivity index (χ2n) is 7.50. The van der Waals surface area contributed by atoms with Crippen molar-refractivity contribution in [3.63, 3.8) is 0 Å². The number of carbonyl (C=O) groups is 1. The van der Waals surface area contributed by atoms with Gasteiger partial charge in [0.1, 0.15) is 24.0 Å². The van der Waals surface area contributed by atoms with Crippen LogP contribution in [0.5, 0.6) is 0 Å². The summed E-state index contributed by atoms with van der Waals surface area (Å²) in [7, 11) is 2.06. The molecule has 1 aromatic heterocycles. The zero-order valence-electron chi connectivity index (χ0n) is 15.5. The molecule has 1 fully saturated rings. The van der Waals surface area contributed by atoms with Crippen molar-refractivity contribution in [2.75, 3.05) is 13.6 Å². The summed E-state index contributed by atoms with van der Waals surface area (Å²) in [5, 5.41) is 7.31. The lowest BCUT2D eigenvalue weighted by Crippen LogP contribution is -2.58. The van der Waals surface area contributed by atoms with E-state index in [2.05, 4.69) is 27.3 Å². The standard InChI is InChI=1S/C19H26FN5O/c1-19(2,25-13-21-12-22-25)18(26)23-16-8-5-9-24(3)17(16)11-14-6-4-7-15(20)10-14/h4,6-7,10,12-13,16-17H,5,8-9,11H2,1-3H3,(H,23,26)/t16-,17-/m0/s1. The Kier molecular flexibility index (Phi) is 5.36. The summed E-state index contributed by atoms with van der Waals surface area (Å²) in [5.41, 5.74) is 0.120. The van der Waals surface area contributed by atoms with Crippen molar-refractivity contribution < 1.29 is 9.18 Å². The van der Waals surface area contributed by atoms with E-state index in [1.807, 2.05) is 19.9 Å². The number of amides is 1. The number of nitrogens with zero attached hydrogens (tertiary/aromatic N) is 4. The van der Waals surface area contributed by atoms with Crippen LogP contribution in [0.15, 0.2) is 36.9 Å². The fourth-order valence-corrected chi connectivity index (χ4v) is 3.54. The maximum absolute atomic E-state index is 13.5. The molecule has 3 rings (SSSR count). The molecule has 26 heavy (non-hydrogen) atoms. The quantitative estimate of drug-likeness (QED) is 0.887. The van der Waals surface area contributed by atoms with Gasteiger partial charge in [0.05, 0.1) is 0 Å². The van der Waals surface area contributed by atoms with Gasteiger partial charge in [0.2, 0.25) is 5.91 Å². The van der Waals surface area contributed by atoms with E-state index in [9.17, 15) is 9.18 Å². The van der Waals surface area contributed by atoms with E-state index in [1.165, 1.54) is 12.4 Å². The monoisotopic (exact) mass is 359 g/mol. The van der Waals surface area contributed by atoms with Gasteiger partial charge in [-0.15, -0.1) is 0 Å². The number of hydrogen-bond acceptors (Lipinski definition) is 4. The van der Waals surface area contributed by atoms with Crippen molar-refractivity contribution >= 4 is 5.91 Å². The number of nitrogens with one attached hydrogen (secondary N) is 1. The molecular weight excluding hydrogens is 333 g/mol. The third-order valence-corrected chi connectivity index (χ3v) is 5.25. The minimum atomic E-state index is -0.823. The minimum absolute atomic E-state index is 0.00677. The average molecular weight is 359 g/mol. The summed E-state index contributed by atoms with van der Waals surface area (Å²) in [4.78, 5) is 19.1. The van der Waals surface area contributed by atoms with Gasteiger partial charge in [-0.25, -0.2) is 14.1 Å². The summed E-state index contributed by atoms with van der Waals surface area (Å²) < 4.78 is 15.1. The lowest BCUT2D eigenvalue weighted by atomic mass is 9.90. The molecule has 0 spiro atoms. The Labute approximate surface area is 153 Å². The Morgan fingerprint density at radius 3 is 2.92 bits per heavy atom. The molecule has 2 aromatic rings. The Hall–Kier alpha value is -2.28. The number of likely N-dealkylation sites (N-methyl/N-ethyl adjacent to an activating group) is 1. The molecule has 0 aliphatic carbocycles. The normalized spacial score (nSPS) is 21.5. The smallest absolute Gasteiger partial charge is 0.247 e. The summed E-state index contributed by atoms with van der Waals surface area (Å²) in [6.45, 7) is 4.62. The summed E-state index contributed by atoms with van der Waals surface area (Å²) in [6, 6.07) is 6.82. The summed E-state index contributed by atoms with van der Waals surface area (Å²) in [6.07, 6.45) is 5.60. The van der Waals surface area contributed by atoms with Gasteiger partial charge in [-0.1, -0.05) is 12.1 Å². The van der Waals surface area contributed by atoms with E-state index < -0.39 is 5.54 Å². The maximum atomic E-state index is 13.5. The maximum Gasteiger partial charge on any atom is 0.247 e. The van der Waals surface area contributed by atoms with Crippen molar-refractivity contribution in [2.24, 2.45) is 0 Å². The van der Waals surface area contributed by atoms with Gasteiger partial charge >= 0.3 is 0 Å². The zero-order chi connectivity index (χ0) is 18.7. The number of benzene rings is 1. The van der Waals surface area contributed by atoms with Crippen molar-refractivity contribution in [3.8, 4) is 0 Å². The van der Waals surface area contributed by atoms with Crippen LogP contribution >= 0.6 is 0 Å². The van der Waals surface area contributed by atoms with Crippen LogP contribution in [0.25, 0.3) is 0 Å². The van der Waals surface area contributed by atoms with E-state index in [-0.39, 0.29) is 23.8 Å². The van der Waals surface area contributed by atoms with E-state index in [4.69, 9.17) is 0 Å². The van der Waals surface area contributed by atoms with Crippen molar-refractivity contribution in [1.29, 1.82) is 0 Å². The number of carbonyl (C=O) groups excluding carboxylic acids is 1. The molecule has 0 radical (unpaired) electrons. The van der Waals surface area contributed by atoms with Gasteiger partial charge in [-0.05, 0) is 64.4 Å². The highest BCUT2D eigenvalue weighted by molar-refractivity contribution is 5.83. The molecule has 1 aliphatic heterocycles. The highest BCUT2D eigenvalue weighted by Gasteiger charge is 2.36. The highest BCUT2D eigenvalue weighted by Crippen LogP contribution is 2.22. The summed E-state index contributed by atoms with van der Waals surface area (Å²) in [5.74, 6) is -0.318. The second kappa shape index (κ2) is 7.53.